The lowest BCUT2D eigenvalue weighted by atomic mass is 10.2. The van der Waals surface area contributed by atoms with Gasteiger partial charge in [0.1, 0.15) is 5.00 Å². The van der Waals surface area contributed by atoms with Crippen LogP contribution >= 0.6 is 11.3 Å². The zero-order chi connectivity index (χ0) is 12.0. The van der Waals surface area contributed by atoms with Crippen LogP contribution in [0, 0.1) is 13.8 Å². The van der Waals surface area contributed by atoms with Crippen molar-refractivity contribution in [2.24, 2.45) is 0 Å². The van der Waals surface area contributed by atoms with E-state index < -0.39 is 0 Å². The van der Waals surface area contributed by atoms with Crippen LogP contribution in [0.15, 0.2) is 35.1 Å². The highest BCUT2D eigenvalue weighted by atomic mass is 32.1. The lowest BCUT2D eigenvalue weighted by Crippen LogP contribution is -2.13. The van der Waals surface area contributed by atoms with Gasteiger partial charge >= 0.3 is 5.69 Å². The molecule has 0 aliphatic heterocycles. The van der Waals surface area contributed by atoms with Gasteiger partial charge in [-0.15, -0.1) is 11.3 Å². The average molecular weight is 244 g/mol. The fraction of sp³-hybridized carbons (Fsp3) is 0.154. The third-order valence-corrected chi connectivity index (χ3v) is 3.77. The van der Waals surface area contributed by atoms with Crippen molar-refractivity contribution < 1.29 is 0 Å². The summed E-state index contributed by atoms with van der Waals surface area (Å²) in [4.78, 5) is 16.1. The summed E-state index contributed by atoms with van der Waals surface area (Å²) in [6, 6.07) is 10.0. The largest absolute Gasteiger partial charge is 0.331 e. The first-order chi connectivity index (χ1) is 8.15. The standard InChI is InChI=1S/C13H12N2OS/c1-8-3-5-11-10(7-8)14-13(16)15(11)12-6-4-9(2)17-12/h3-7H,1-2H3,(H,14,16). The molecule has 0 saturated heterocycles. The summed E-state index contributed by atoms with van der Waals surface area (Å²) in [7, 11) is 0. The number of nitrogens with zero attached hydrogens (tertiary/aromatic N) is 1. The molecule has 0 amide bonds. The number of fused-ring (bicyclic) bond motifs is 1. The lowest BCUT2D eigenvalue weighted by molar-refractivity contribution is 1.04. The Bertz CT molecular complexity index is 748. The number of rotatable bonds is 1. The molecular weight excluding hydrogens is 232 g/mol. The highest BCUT2D eigenvalue weighted by Crippen LogP contribution is 2.22. The Morgan fingerprint density at radius 1 is 1.18 bits per heavy atom. The van der Waals surface area contributed by atoms with Gasteiger partial charge in [-0.25, -0.2) is 4.79 Å². The average Bonchev–Trinajstić information content (AvgIpc) is 2.80. The quantitative estimate of drug-likeness (QED) is 0.702. The molecule has 0 spiro atoms. The molecule has 3 rings (SSSR count). The van der Waals surface area contributed by atoms with E-state index >= 15 is 0 Å². The number of aromatic amines is 1. The van der Waals surface area contributed by atoms with E-state index in [9.17, 15) is 4.79 Å². The van der Waals surface area contributed by atoms with Gasteiger partial charge in [0.25, 0.3) is 0 Å². The number of aromatic nitrogens is 2. The van der Waals surface area contributed by atoms with Crippen molar-refractivity contribution in [1.29, 1.82) is 0 Å². The molecule has 86 valence electrons. The van der Waals surface area contributed by atoms with Crippen LogP contribution in [0.3, 0.4) is 0 Å². The van der Waals surface area contributed by atoms with Gasteiger partial charge in [-0.05, 0) is 43.7 Å². The highest BCUT2D eigenvalue weighted by Gasteiger charge is 2.09. The van der Waals surface area contributed by atoms with Crippen molar-refractivity contribution in [2.75, 3.05) is 0 Å². The molecule has 1 N–H and O–H groups in total. The fourth-order valence-corrected chi connectivity index (χ4v) is 2.86. The summed E-state index contributed by atoms with van der Waals surface area (Å²) in [5.74, 6) is 0. The van der Waals surface area contributed by atoms with Crippen LogP contribution in [0.5, 0.6) is 0 Å². The first-order valence-electron chi connectivity index (χ1n) is 5.43. The van der Waals surface area contributed by atoms with Crippen molar-refractivity contribution in [3.05, 3.63) is 51.3 Å². The number of H-pyrrole nitrogens is 1. The number of hydrogen-bond donors (Lipinski definition) is 1. The minimum atomic E-state index is -0.0764. The Balaban J connectivity index is 2.36. The summed E-state index contributed by atoms with van der Waals surface area (Å²) in [5, 5.41) is 0.961. The zero-order valence-electron chi connectivity index (χ0n) is 9.65. The summed E-state index contributed by atoms with van der Waals surface area (Å²) >= 11 is 1.62. The minimum Gasteiger partial charge on any atom is -0.305 e. The predicted octanol–water partition coefficient (Wildman–Crippen LogP) is 3.00. The van der Waals surface area contributed by atoms with Gasteiger partial charge in [0.2, 0.25) is 0 Å². The van der Waals surface area contributed by atoms with Crippen LogP contribution in [-0.4, -0.2) is 9.55 Å². The molecule has 0 aliphatic rings. The van der Waals surface area contributed by atoms with Gasteiger partial charge in [-0.2, -0.15) is 0 Å². The van der Waals surface area contributed by atoms with E-state index in [0.29, 0.717) is 0 Å². The number of nitrogens with one attached hydrogen (secondary N) is 1. The molecule has 2 aromatic heterocycles. The molecule has 3 aromatic rings. The van der Waals surface area contributed by atoms with Crippen LogP contribution in [0.1, 0.15) is 10.4 Å². The summed E-state index contributed by atoms with van der Waals surface area (Å²) < 4.78 is 1.73. The van der Waals surface area contributed by atoms with Crippen LogP contribution in [0.4, 0.5) is 0 Å². The van der Waals surface area contributed by atoms with Crippen molar-refractivity contribution in [3.8, 4) is 5.00 Å². The second-order valence-corrected chi connectivity index (χ2v) is 5.44. The van der Waals surface area contributed by atoms with Gasteiger partial charge in [0.05, 0.1) is 11.0 Å². The number of thiophene rings is 1. The lowest BCUT2D eigenvalue weighted by Gasteiger charge is -1.99. The fourth-order valence-electron chi connectivity index (χ4n) is 1.99. The SMILES string of the molecule is Cc1ccc2c(c1)[nH]c(=O)n2-c1ccc(C)s1. The summed E-state index contributed by atoms with van der Waals surface area (Å²) in [5.41, 5.74) is 2.89. The zero-order valence-corrected chi connectivity index (χ0v) is 10.5. The maximum atomic E-state index is 12.0. The summed E-state index contributed by atoms with van der Waals surface area (Å²) in [6.45, 7) is 4.06. The monoisotopic (exact) mass is 244 g/mol. The van der Waals surface area contributed by atoms with Crippen molar-refractivity contribution >= 4 is 22.4 Å². The third-order valence-electron chi connectivity index (χ3n) is 2.78. The number of hydrogen-bond acceptors (Lipinski definition) is 2. The Morgan fingerprint density at radius 2 is 2.00 bits per heavy atom. The molecule has 17 heavy (non-hydrogen) atoms. The third kappa shape index (κ3) is 1.61. The van der Waals surface area contributed by atoms with Crippen molar-refractivity contribution in [2.45, 2.75) is 13.8 Å². The molecule has 2 heterocycles. The molecule has 0 saturated carbocycles. The number of imidazole rings is 1. The normalized spacial score (nSPS) is 11.2. The maximum Gasteiger partial charge on any atom is 0.331 e. The van der Waals surface area contributed by atoms with Crippen LogP contribution < -0.4 is 5.69 Å². The molecule has 0 radical (unpaired) electrons. The van der Waals surface area contributed by atoms with Crippen LogP contribution in [0.25, 0.3) is 16.0 Å². The van der Waals surface area contributed by atoms with E-state index in [2.05, 4.69) is 4.98 Å². The van der Waals surface area contributed by atoms with Gasteiger partial charge in [-0.3, -0.25) is 4.57 Å². The van der Waals surface area contributed by atoms with Crippen LogP contribution in [-0.2, 0) is 0 Å². The topological polar surface area (TPSA) is 37.8 Å². The molecule has 0 atom stereocenters. The predicted molar refractivity (Wildman–Crippen MR) is 71.2 cm³/mol. The number of aryl methyl sites for hydroxylation is 2. The van der Waals surface area contributed by atoms with Gasteiger partial charge in [-0.1, -0.05) is 6.07 Å². The molecule has 1 aromatic carbocycles. The maximum absolute atomic E-state index is 12.0. The second kappa shape index (κ2) is 3.60. The van der Waals surface area contributed by atoms with Crippen molar-refractivity contribution in [1.82, 2.24) is 9.55 Å². The number of benzene rings is 1. The molecule has 0 aliphatic carbocycles. The van der Waals surface area contributed by atoms with E-state index in [0.717, 1.165) is 21.6 Å². The van der Waals surface area contributed by atoms with E-state index in [1.54, 1.807) is 15.9 Å². The van der Waals surface area contributed by atoms with E-state index in [4.69, 9.17) is 0 Å². The molecule has 0 unspecified atom stereocenters. The minimum absolute atomic E-state index is 0.0764. The summed E-state index contributed by atoms with van der Waals surface area (Å²) in [6.07, 6.45) is 0. The molecule has 4 heteroatoms. The van der Waals surface area contributed by atoms with Gasteiger partial charge in [0, 0.05) is 4.88 Å². The van der Waals surface area contributed by atoms with Gasteiger partial charge in [0.15, 0.2) is 0 Å². The Morgan fingerprint density at radius 3 is 2.71 bits per heavy atom. The molecule has 0 fully saturated rings. The second-order valence-electron chi connectivity index (χ2n) is 4.17. The smallest absolute Gasteiger partial charge is 0.305 e. The Hall–Kier alpha value is -1.81. The first kappa shape index (κ1) is 10.4. The first-order valence-corrected chi connectivity index (χ1v) is 6.25. The van der Waals surface area contributed by atoms with E-state index in [1.807, 2.05) is 44.2 Å². The Kier molecular flexibility index (Phi) is 2.19. The highest BCUT2D eigenvalue weighted by molar-refractivity contribution is 7.14. The molecule has 0 bridgehead atoms. The van der Waals surface area contributed by atoms with Crippen LogP contribution in [0.2, 0.25) is 0 Å². The van der Waals surface area contributed by atoms with Crippen molar-refractivity contribution in [3.63, 3.8) is 0 Å². The van der Waals surface area contributed by atoms with E-state index in [-0.39, 0.29) is 5.69 Å². The van der Waals surface area contributed by atoms with E-state index in [1.165, 1.54) is 4.88 Å². The van der Waals surface area contributed by atoms with Gasteiger partial charge < -0.3 is 4.98 Å². The molecular formula is C13H12N2OS. The molecule has 3 nitrogen and oxygen atoms in total. The Labute approximate surface area is 102 Å².